The summed E-state index contributed by atoms with van der Waals surface area (Å²) in [6.07, 6.45) is 4.79. The van der Waals surface area contributed by atoms with Gasteiger partial charge in [0.2, 0.25) is 12.3 Å². The first-order valence-electron chi connectivity index (χ1n) is 11.9. The number of piperidine rings is 1. The van der Waals surface area contributed by atoms with Crippen molar-refractivity contribution in [3.05, 3.63) is 71.4 Å². The van der Waals surface area contributed by atoms with Gasteiger partial charge in [-0.1, -0.05) is 35.5 Å². The maximum atomic E-state index is 12.4. The molecule has 0 bridgehead atoms. The highest BCUT2D eigenvalue weighted by Gasteiger charge is 2.33. The number of nitrogens with zero attached hydrogens (tertiary/aromatic N) is 4. The van der Waals surface area contributed by atoms with E-state index in [1.165, 1.54) is 12.0 Å². The van der Waals surface area contributed by atoms with Crippen LogP contribution in [0.5, 0.6) is 5.75 Å². The van der Waals surface area contributed by atoms with Gasteiger partial charge in [-0.15, -0.1) is 0 Å². The van der Waals surface area contributed by atoms with Crippen molar-refractivity contribution < 1.29 is 14.1 Å². The number of amides is 1. The molecule has 0 radical (unpaired) electrons. The van der Waals surface area contributed by atoms with Crippen LogP contribution in [0.3, 0.4) is 0 Å². The van der Waals surface area contributed by atoms with E-state index in [-0.39, 0.29) is 18.0 Å². The van der Waals surface area contributed by atoms with Crippen LogP contribution in [0.2, 0.25) is 0 Å². The average Bonchev–Trinajstić information content (AvgIpc) is 3.39. The molecule has 178 valence electrons. The van der Waals surface area contributed by atoms with Crippen molar-refractivity contribution in [2.75, 3.05) is 25.6 Å². The number of anilines is 1. The number of carbonyl (C=O) groups is 1. The highest BCUT2D eigenvalue weighted by molar-refractivity contribution is 5.96. The molecule has 3 heterocycles. The summed E-state index contributed by atoms with van der Waals surface area (Å²) in [5, 5.41) is 7.83. The number of aryl methyl sites for hydroxylation is 1. The molecule has 1 N–H and O–H groups in total. The molecule has 0 spiro atoms. The van der Waals surface area contributed by atoms with Gasteiger partial charge in [0.1, 0.15) is 5.75 Å². The van der Waals surface area contributed by atoms with E-state index in [0.29, 0.717) is 25.3 Å². The van der Waals surface area contributed by atoms with Crippen LogP contribution in [0.25, 0.3) is 0 Å². The van der Waals surface area contributed by atoms with E-state index < -0.39 is 0 Å². The molecule has 2 aliphatic rings. The lowest BCUT2D eigenvalue weighted by Gasteiger charge is -2.41. The number of hydrogen-bond acceptors (Lipinski definition) is 7. The Morgan fingerprint density at radius 3 is 2.82 bits per heavy atom. The van der Waals surface area contributed by atoms with Crippen LogP contribution in [0.1, 0.15) is 47.8 Å². The Bertz CT molecular complexity index is 1120. The Morgan fingerprint density at radius 2 is 2.06 bits per heavy atom. The van der Waals surface area contributed by atoms with E-state index in [1.54, 1.807) is 12.0 Å². The Kier molecular flexibility index (Phi) is 6.60. The maximum Gasteiger partial charge on any atom is 0.227 e. The number of methoxy groups -OCH3 is 1. The Morgan fingerprint density at radius 1 is 1.21 bits per heavy atom. The topological polar surface area (TPSA) is 83.7 Å². The summed E-state index contributed by atoms with van der Waals surface area (Å²) in [5.41, 5.74) is 4.43. The van der Waals surface area contributed by atoms with Crippen molar-refractivity contribution in [1.29, 1.82) is 0 Å². The van der Waals surface area contributed by atoms with Gasteiger partial charge in [0, 0.05) is 43.3 Å². The maximum absolute atomic E-state index is 12.4. The van der Waals surface area contributed by atoms with E-state index in [9.17, 15) is 4.79 Å². The summed E-state index contributed by atoms with van der Waals surface area (Å²) in [5.74, 6) is 1.65. The predicted molar refractivity (Wildman–Crippen MR) is 128 cm³/mol. The fourth-order valence-electron chi connectivity index (χ4n) is 5.24. The molecular formula is C26H31N5O3. The fourth-order valence-corrected chi connectivity index (χ4v) is 5.24. The molecule has 0 saturated carbocycles. The van der Waals surface area contributed by atoms with E-state index in [4.69, 9.17) is 9.26 Å². The van der Waals surface area contributed by atoms with Crippen molar-refractivity contribution in [2.45, 2.75) is 50.9 Å². The minimum absolute atomic E-state index is 0.146. The quantitative estimate of drug-likeness (QED) is 0.577. The first-order valence-corrected chi connectivity index (χ1v) is 11.9. The molecular weight excluding hydrogens is 430 g/mol. The Hall–Kier alpha value is -3.23. The monoisotopic (exact) mass is 461 g/mol. The lowest BCUT2D eigenvalue weighted by atomic mass is 9.90. The van der Waals surface area contributed by atoms with Crippen molar-refractivity contribution in [2.24, 2.45) is 0 Å². The minimum Gasteiger partial charge on any atom is -0.496 e. The van der Waals surface area contributed by atoms with Gasteiger partial charge in [-0.3, -0.25) is 9.69 Å². The number of fused-ring (bicyclic) bond motifs is 1. The summed E-state index contributed by atoms with van der Waals surface area (Å²) in [6, 6.07) is 15.2. The molecule has 34 heavy (non-hydrogen) atoms. The molecule has 8 heteroatoms. The van der Waals surface area contributed by atoms with E-state index >= 15 is 0 Å². The lowest BCUT2D eigenvalue weighted by Crippen LogP contribution is -2.48. The highest BCUT2D eigenvalue weighted by Crippen LogP contribution is 2.36. The minimum atomic E-state index is 0.146. The molecule has 3 aromatic rings. The average molecular weight is 462 g/mol. The molecule has 2 unspecified atom stereocenters. The first kappa shape index (κ1) is 22.6. The highest BCUT2D eigenvalue weighted by atomic mass is 16.5. The third-order valence-corrected chi connectivity index (χ3v) is 7.00. The number of ether oxygens (including phenoxy) is 1. The van der Waals surface area contributed by atoms with Crippen molar-refractivity contribution in [3.8, 4) is 5.75 Å². The molecule has 1 aromatic heterocycles. The van der Waals surface area contributed by atoms with Gasteiger partial charge in [0.05, 0.1) is 13.7 Å². The number of nitrogens with one attached hydrogen (secondary N) is 1. The largest absolute Gasteiger partial charge is 0.496 e. The molecule has 1 amide bonds. The molecule has 2 atom stereocenters. The van der Waals surface area contributed by atoms with Gasteiger partial charge >= 0.3 is 0 Å². The third-order valence-electron chi connectivity index (χ3n) is 7.00. The Balaban J connectivity index is 1.51. The van der Waals surface area contributed by atoms with Gasteiger partial charge in [-0.05, 0) is 49.1 Å². The Labute approximate surface area is 199 Å². The first-order chi connectivity index (χ1) is 16.6. The van der Waals surface area contributed by atoms with Crippen LogP contribution in [0.15, 0.2) is 53.4 Å². The standard InChI is InChI=1S/C26H31N5O3/c1-30-22-13-20(23(33-2)14-19(22)10-11-25(30)32)15-31(16-24-28-17-34-29-24)21-9-6-12-27-26(21)18-7-4-3-5-8-18/h3-5,7-8,13-14,17,21,26-27H,6,9-12,15-16H2,1-2H3. The van der Waals surface area contributed by atoms with Crippen LogP contribution < -0.4 is 15.0 Å². The van der Waals surface area contributed by atoms with Gasteiger partial charge < -0.3 is 19.5 Å². The van der Waals surface area contributed by atoms with Crippen LogP contribution in [-0.4, -0.2) is 47.7 Å². The summed E-state index contributed by atoms with van der Waals surface area (Å²) in [7, 11) is 3.56. The molecule has 8 nitrogen and oxygen atoms in total. The van der Waals surface area contributed by atoms with Gasteiger partial charge in [0.25, 0.3) is 0 Å². The molecule has 2 aromatic carbocycles. The van der Waals surface area contributed by atoms with Crippen molar-refractivity contribution >= 4 is 11.6 Å². The zero-order chi connectivity index (χ0) is 23.5. The van der Waals surface area contributed by atoms with Gasteiger partial charge in [-0.25, -0.2) is 0 Å². The van der Waals surface area contributed by atoms with Crippen molar-refractivity contribution in [3.63, 3.8) is 0 Å². The zero-order valence-corrected chi connectivity index (χ0v) is 19.7. The number of carbonyl (C=O) groups excluding carboxylic acids is 1. The van der Waals surface area contributed by atoms with Crippen LogP contribution in [-0.2, 0) is 24.3 Å². The number of rotatable bonds is 7. The second-order valence-electron chi connectivity index (χ2n) is 9.05. The van der Waals surface area contributed by atoms with Gasteiger partial charge in [0.15, 0.2) is 5.82 Å². The lowest BCUT2D eigenvalue weighted by molar-refractivity contribution is -0.118. The van der Waals surface area contributed by atoms with E-state index in [1.807, 2.05) is 13.1 Å². The second kappa shape index (κ2) is 9.95. The van der Waals surface area contributed by atoms with Gasteiger partial charge in [-0.2, -0.15) is 4.98 Å². The van der Waals surface area contributed by atoms with Crippen LogP contribution in [0, 0.1) is 0 Å². The number of hydrogen-bond donors (Lipinski definition) is 1. The fraction of sp³-hybridized carbons (Fsp3) is 0.423. The van der Waals surface area contributed by atoms with E-state index in [2.05, 4.69) is 56.8 Å². The number of aromatic nitrogens is 2. The zero-order valence-electron chi connectivity index (χ0n) is 19.7. The summed E-state index contributed by atoms with van der Waals surface area (Å²) < 4.78 is 10.9. The van der Waals surface area contributed by atoms with Crippen LogP contribution in [0.4, 0.5) is 5.69 Å². The summed E-state index contributed by atoms with van der Waals surface area (Å²) in [4.78, 5) is 20.8. The molecule has 0 aliphatic carbocycles. The molecule has 5 rings (SSSR count). The summed E-state index contributed by atoms with van der Waals surface area (Å²) >= 11 is 0. The van der Waals surface area contributed by atoms with Crippen LogP contribution >= 0.6 is 0 Å². The SMILES string of the molecule is COc1cc2c(cc1CN(Cc1ncon1)C1CCCNC1c1ccccc1)N(C)C(=O)CC2. The summed E-state index contributed by atoms with van der Waals surface area (Å²) in [6.45, 7) is 2.19. The normalized spacial score (nSPS) is 20.4. The smallest absolute Gasteiger partial charge is 0.227 e. The van der Waals surface area contributed by atoms with E-state index in [0.717, 1.165) is 48.4 Å². The molecule has 2 aliphatic heterocycles. The number of benzene rings is 2. The predicted octanol–water partition coefficient (Wildman–Crippen LogP) is 3.48. The second-order valence-corrected chi connectivity index (χ2v) is 9.05. The van der Waals surface area contributed by atoms with Crippen molar-refractivity contribution in [1.82, 2.24) is 20.4 Å². The molecule has 1 saturated heterocycles. The molecule has 1 fully saturated rings. The third kappa shape index (κ3) is 4.56.